The van der Waals surface area contributed by atoms with Crippen molar-refractivity contribution in [1.82, 2.24) is 9.97 Å². The van der Waals surface area contributed by atoms with Gasteiger partial charge in [-0.2, -0.15) is 0 Å². The van der Waals surface area contributed by atoms with Crippen LogP contribution in [0.3, 0.4) is 0 Å². The quantitative estimate of drug-likeness (QED) is 0.602. The van der Waals surface area contributed by atoms with Crippen LogP contribution in [0.15, 0.2) is 24.3 Å². The summed E-state index contributed by atoms with van der Waals surface area (Å²) in [6, 6.07) is 7.62. The first-order chi connectivity index (χ1) is 8.65. The molecule has 1 aromatic heterocycles. The monoisotopic (exact) mass is 374 g/mol. The number of aryl methyl sites for hydroxylation is 1. The molecule has 0 aliphatic heterocycles. The molecule has 0 atom stereocenters. The number of methoxy groups -OCH3 is 1. The Morgan fingerprint density at radius 1 is 1.22 bits per heavy atom. The van der Waals surface area contributed by atoms with Crippen LogP contribution in [0.2, 0.25) is 5.15 Å². The second kappa shape index (κ2) is 5.84. The van der Waals surface area contributed by atoms with Gasteiger partial charge in [-0.3, -0.25) is 0 Å². The zero-order valence-corrected chi connectivity index (χ0v) is 13.0. The maximum Gasteiger partial charge on any atom is 0.161 e. The lowest BCUT2D eigenvalue weighted by molar-refractivity contribution is 0.415. The molecule has 0 spiro atoms. The molecule has 0 saturated carbocycles. The number of nitrogens with zero attached hydrogens (tertiary/aromatic N) is 2. The lowest BCUT2D eigenvalue weighted by Crippen LogP contribution is -1.99. The summed E-state index contributed by atoms with van der Waals surface area (Å²) in [5, 5.41) is 0.508. The summed E-state index contributed by atoms with van der Waals surface area (Å²) in [7, 11) is 1.64. The van der Waals surface area contributed by atoms with Crippen LogP contribution in [0.1, 0.15) is 12.6 Å². The number of hydrogen-bond donors (Lipinski definition) is 0. The van der Waals surface area contributed by atoms with Gasteiger partial charge in [0, 0.05) is 5.56 Å². The number of halogens is 2. The first kappa shape index (κ1) is 13.5. The molecule has 0 bridgehead atoms. The number of aromatic nitrogens is 2. The van der Waals surface area contributed by atoms with Crippen molar-refractivity contribution >= 4 is 34.2 Å². The van der Waals surface area contributed by atoms with E-state index in [2.05, 4.69) is 39.5 Å². The topological polar surface area (TPSA) is 35.0 Å². The van der Waals surface area contributed by atoms with Crippen LogP contribution in [-0.2, 0) is 6.42 Å². The predicted octanol–water partition coefficient (Wildman–Crippen LogP) is 3.97. The van der Waals surface area contributed by atoms with Crippen molar-refractivity contribution in [2.24, 2.45) is 0 Å². The Kier molecular flexibility index (Phi) is 4.40. The largest absolute Gasteiger partial charge is 0.497 e. The molecule has 0 aliphatic rings. The van der Waals surface area contributed by atoms with Gasteiger partial charge in [0.1, 0.15) is 10.9 Å². The third kappa shape index (κ3) is 2.75. The standard InChI is InChI=1S/C13H12ClIN2O/c1-3-10-11(15)12(14)17-13(16-10)8-4-6-9(18-2)7-5-8/h4-7H,3H2,1-2H3. The zero-order valence-electron chi connectivity index (χ0n) is 10.1. The van der Waals surface area contributed by atoms with Gasteiger partial charge in [0.25, 0.3) is 0 Å². The van der Waals surface area contributed by atoms with Gasteiger partial charge < -0.3 is 4.74 Å². The van der Waals surface area contributed by atoms with E-state index in [-0.39, 0.29) is 0 Å². The lowest BCUT2D eigenvalue weighted by atomic mass is 10.2. The molecule has 0 aliphatic carbocycles. The van der Waals surface area contributed by atoms with E-state index in [0.29, 0.717) is 11.0 Å². The highest BCUT2D eigenvalue weighted by Crippen LogP contribution is 2.25. The van der Waals surface area contributed by atoms with E-state index >= 15 is 0 Å². The highest BCUT2D eigenvalue weighted by atomic mass is 127. The fraction of sp³-hybridized carbons (Fsp3) is 0.231. The molecule has 94 valence electrons. The summed E-state index contributed by atoms with van der Waals surface area (Å²) >= 11 is 8.30. The van der Waals surface area contributed by atoms with Gasteiger partial charge in [-0.05, 0) is 53.3 Å². The summed E-state index contributed by atoms with van der Waals surface area (Å²) < 4.78 is 6.05. The van der Waals surface area contributed by atoms with Crippen LogP contribution in [-0.4, -0.2) is 17.1 Å². The Morgan fingerprint density at radius 3 is 2.44 bits per heavy atom. The van der Waals surface area contributed by atoms with E-state index in [1.165, 1.54) is 0 Å². The van der Waals surface area contributed by atoms with Crippen LogP contribution >= 0.6 is 34.2 Å². The Bertz CT molecular complexity index is 558. The molecule has 0 unspecified atom stereocenters. The molecule has 2 rings (SSSR count). The maximum absolute atomic E-state index is 6.12. The first-order valence-corrected chi connectivity index (χ1v) is 6.97. The summed E-state index contributed by atoms with van der Waals surface area (Å²) in [5.41, 5.74) is 1.91. The normalized spacial score (nSPS) is 10.4. The van der Waals surface area contributed by atoms with Crippen LogP contribution in [0.25, 0.3) is 11.4 Å². The summed E-state index contributed by atoms with van der Waals surface area (Å²) in [6.07, 6.45) is 0.837. The highest BCUT2D eigenvalue weighted by molar-refractivity contribution is 14.1. The molecule has 1 heterocycles. The van der Waals surface area contributed by atoms with Crippen molar-refractivity contribution in [2.45, 2.75) is 13.3 Å². The van der Waals surface area contributed by atoms with Gasteiger partial charge in [-0.1, -0.05) is 18.5 Å². The van der Waals surface area contributed by atoms with E-state index in [1.54, 1.807) is 7.11 Å². The highest BCUT2D eigenvalue weighted by Gasteiger charge is 2.10. The fourth-order valence-electron chi connectivity index (χ4n) is 1.57. The van der Waals surface area contributed by atoms with Crippen LogP contribution in [0.5, 0.6) is 5.75 Å². The smallest absolute Gasteiger partial charge is 0.161 e. The van der Waals surface area contributed by atoms with Crippen molar-refractivity contribution in [2.75, 3.05) is 7.11 Å². The molecule has 1 aromatic carbocycles. The molecule has 0 fully saturated rings. The molecule has 18 heavy (non-hydrogen) atoms. The van der Waals surface area contributed by atoms with Crippen molar-refractivity contribution in [3.8, 4) is 17.1 Å². The van der Waals surface area contributed by atoms with Gasteiger partial charge in [-0.15, -0.1) is 0 Å². The minimum atomic E-state index is 0.508. The number of benzene rings is 1. The number of hydrogen-bond acceptors (Lipinski definition) is 3. The lowest BCUT2D eigenvalue weighted by Gasteiger charge is -2.07. The van der Waals surface area contributed by atoms with E-state index in [1.807, 2.05) is 24.3 Å². The van der Waals surface area contributed by atoms with Crippen molar-refractivity contribution in [3.63, 3.8) is 0 Å². The Balaban J connectivity index is 2.46. The third-order valence-electron chi connectivity index (χ3n) is 2.56. The van der Waals surface area contributed by atoms with E-state index < -0.39 is 0 Å². The van der Waals surface area contributed by atoms with Gasteiger partial charge in [-0.25, -0.2) is 9.97 Å². The summed E-state index contributed by atoms with van der Waals surface area (Å²) in [4.78, 5) is 8.85. The predicted molar refractivity (Wildman–Crippen MR) is 81.1 cm³/mol. The number of ether oxygens (including phenoxy) is 1. The van der Waals surface area contributed by atoms with Crippen LogP contribution < -0.4 is 4.74 Å². The Morgan fingerprint density at radius 2 is 1.89 bits per heavy atom. The van der Waals surface area contributed by atoms with Crippen molar-refractivity contribution in [1.29, 1.82) is 0 Å². The molecule has 0 amide bonds. The molecule has 2 aromatic rings. The van der Waals surface area contributed by atoms with E-state index in [0.717, 1.165) is 27.0 Å². The summed E-state index contributed by atoms with van der Waals surface area (Å²) in [5.74, 6) is 1.46. The average Bonchev–Trinajstić information content (AvgIpc) is 2.42. The molecule has 0 saturated heterocycles. The second-order valence-electron chi connectivity index (χ2n) is 3.68. The van der Waals surface area contributed by atoms with Gasteiger partial charge >= 0.3 is 0 Å². The molecule has 0 N–H and O–H groups in total. The maximum atomic E-state index is 6.12. The van der Waals surface area contributed by atoms with Gasteiger partial charge in [0.05, 0.1) is 16.4 Å². The van der Waals surface area contributed by atoms with Crippen LogP contribution in [0, 0.1) is 3.57 Å². The molecule has 0 radical (unpaired) electrons. The van der Waals surface area contributed by atoms with Gasteiger partial charge in [0.15, 0.2) is 5.82 Å². The molecular weight excluding hydrogens is 363 g/mol. The van der Waals surface area contributed by atoms with Crippen LogP contribution in [0.4, 0.5) is 0 Å². The van der Waals surface area contributed by atoms with Crippen molar-refractivity contribution in [3.05, 3.63) is 38.7 Å². The van der Waals surface area contributed by atoms with Gasteiger partial charge in [0.2, 0.25) is 0 Å². The third-order valence-corrected chi connectivity index (χ3v) is 4.29. The molecular formula is C13H12ClIN2O. The zero-order chi connectivity index (χ0) is 13.1. The number of rotatable bonds is 3. The molecule has 5 heteroatoms. The van der Waals surface area contributed by atoms with E-state index in [4.69, 9.17) is 16.3 Å². The Hall–Kier alpha value is -0.880. The SMILES string of the molecule is CCc1nc(-c2ccc(OC)cc2)nc(Cl)c1I. The average molecular weight is 375 g/mol. The summed E-state index contributed by atoms with van der Waals surface area (Å²) in [6.45, 7) is 2.05. The molecule has 3 nitrogen and oxygen atoms in total. The minimum absolute atomic E-state index is 0.508. The first-order valence-electron chi connectivity index (χ1n) is 5.52. The van der Waals surface area contributed by atoms with E-state index in [9.17, 15) is 0 Å². The fourth-order valence-corrected chi connectivity index (χ4v) is 2.38. The minimum Gasteiger partial charge on any atom is -0.497 e. The Labute approximate surface area is 125 Å². The van der Waals surface area contributed by atoms with Crippen molar-refractivity contribution < 1.29 is 4.74 Å². The second-order valence-corrected chi connectivity index (χ2v) is 5.12.